The molecule has 1 aliphatic carbocycles. The van der Waals surface area contributed by atoms with Crippen molar-refractivity contribution in [3.8, 4) is 22.3 Å². The average molecular weight is 627 g/mol. The third-order valence-electron chi connectivity index (χ3n) is 8.45. The van der Waals surface area contributed by atoms with Gasteiger partial charge in [0.25, 0.3) is 5.91 Å². The molecule has 1 unspecified atom stereocenters. The number of pyridine rings is 1. The molecule has 1 aliphatic heterocycles. The van der Waals surface area contributed by atoms with Gasteiger partial charge in [0.1, 0.15) is 12.6 Å². The summed E-state index contributed by atoms with van der Waals surface area (Å²) in [5.74, 6) is -2.71. The summed E-state index contributed by atoms with van der Waals surface area (Å²) < 4.78 is 30.3. The second-order valence-corrected chi connectivity index (χ2v) is 11.6. The van der Waals surface area contributed by atoms with Crippen LogP contribution in [0.5, 0.6) is 0 Å². The van der Waals surface area contributed by atoms with E-state index in [0.717, 1.165) is 6.42 Å². The second-order valence-electron chi connectivity index (χ2n) is 11.2. The first-order valence-electron chi connectivity index (χ1n) is 14.3. The van der Waals surface area contributed by atoms with E-state index in [4.69, 9.17) is 17.3 Å². The van der Waals surface area contributed by atoms with Crippen LogP contribution in [0.2, 0.25) is 5.02 Å². The van der Waals surface area contributed by atoms with E-state index in [0.29, 0.717) is 39.0 Å². The molecule has 3 heterocycles. The van der Waals surface area contributed by atoms with Crippen LogP contribution in [0.25, 0.3) is 33.2 Å². The number of carbonyl (C=O) groups excluding carboxylic acids is 3. The lowest BCUT2D eigenvalue weighted by atomic mass is 10.0. The Kier molecular flexibility index (Phi) is 7.04. The predicted octanol–water partition coefficient (Wildman–Crippen LogP) is 5.42. The minimum atomic E-state index is -0.806. The summed E-state index contributed by atoms with van der Waals surface area (Å²) in [6.45, 7) is -0.245. The zero-order valence-electron chi connectivity index (χ0n) is 23.6. The third-order valence-corrected chi connectivity index (χ3v) is 8.77. The normalized spacial score (nSPS) is 18.6. The number of anilines is 1. The number of nitrogens with zero attached hydrogens (tertiary/aromatic N) is 4. The van der Waals surface area contributed by atoms with E-state index in [2.05, 4.69) is 15.4 Å². The number of nitrogens with one attached hydrogen (secondary N) is 1. The maximum absolute atomic E-state index is 15.6. The maximum Gasteiger partial charge on any atom is 0.269 e. The lowest BCUT2D eigenvalue weighted by Gasteiger charge is -2.27. The molecule has 5 aromatic rings. The largest absolute Gasteiger partial charge is 0.364 e. The predicted molar refractivity (Wildman–Crippen MR) is 164 cm³/mol. The molecular weight excluding hydrogens is 602 g/mol. The Morgan fingerprint density at radius 3 is 2.49 bits per heavy atom. The van der Waals surface area contributed by atoms with Crippen molar-refractivity contribution in [3.63, 3.8) is 0 Å². The maximum atomic E-state index is 15.6. The molecule has 2 aromatic heterocycles. The van der Waals surface area contributed by atoms with E-state index >= 15 is 4.39 Å². The first-order valence-corrected chi connectivity index (χ1v) is 14.6. The van der Waals surface area contributed by atoms with Crippen LogP contribution in [-0.2, 0) is 16.1 Å². The van der Waals surface area contributed by atoms with Crippen molar-refractivity contribution in [1.29, 1.82) is 0 Å². The quantitative estimate of drug-likeness (QED) is 0.234. The van der Waals surface area contributed by atoms with Crippen LogP contribution in [0.15, 0.2) is 79.0 Å². The number of carbonyl (C=O) groups is 3. The van der Waals surface area contributed by atoms with Gasteiger partial charge in [0.2, 0.25) is 17.8 Å². The van der Waals surface area contributed by atoms with Crippen molar-refractivity contribution in [2.24, 2.45) is 11.7 Å². The van der Waals surface area contributed by atoms with Crippen LogP contribution < -0.4 is 11.1 Å². The molecule has 0 spiro atoms. The highest BCUT2D eigenvalue weighted by molar-refractivity contribution is 6.33. The van der Waals surface area contributed by atoms with Crippen molar-refractivity contribution < 1.29 is 23.2 Å². The van der Waals surface area contributed by atoms with Gasteiger partial charge in [0.15, 0.2) is 11.5 Å². The molecule has 3 atom stereocenters. The molecule has 45 heavy (non-hydrogen) atoms. The molecule has 2 fully saturated rings. The molecule has 7 rings (SSSR count). The van der Waals surface area contributed by atoms with Crippen LogP contribution in [-0.4, -0.2) is 49.5 Å². The lowest BCUT2D eigenvalue weighted by Crippen LogP contribution is -2.46. The molecule has 0 radical (unpaired) electrons. The standard InChI is InChI=1S/C33H25ClF2N6O3/c34-23-6-2-1-4-20(23)21-5-3-7-24(30(21)36)39-33(45)27-14-19-13-26(19)42(27)29(43)16-41-25-10-8-17(18-9-11-28(35)38-15-18)12-22(25)31(40-41)32(37)44/h1-12,15,19,26-27H,13-14,16H2,(H2,37,44)(H,39,45)/t19?,26-,27+/m1/s1. The Morgan fingerprint density at radius 1 is 0.956 bits per heavy atom. The summed E-state index contributed by atoms with van der Waals surface area (Å²) in [6.07, 6.45) is 2.60. The molecule has 3 amide bonds. The molecule has 0 bridgehead atoms. The zero-order valence-corrected chi connectivity index (χ0v) is 24.3. The van der Waals surface area contributed by atoms with Gasteiger partial charge >= 0.3 is 0 Å². The number of piperidine rings is 1. The molecule has 2 aliphatic rings. The first kappa shape index (κ1) is 28.6. The van der Waals surface area contributed by atoms with Gasteiger partial charge in [-0.25, -0.2) is 9.37 Å². The minimum Gasteiger partial charge on any atom is -0.364 e. The van der Waals surface area contributed by atoms with Gasteiger partial charge in [-0.15, -0.1) is 0 Å². The van der Waals surface area contributed by atoms with Gasteiger partial charge in [-0.1, -0.05) is 48.0 Å². The fraction of sp³-hybridized carbons (Fsp3) is 0.182. The van der Waals surface area contributed by atoms with Gasteiger partial charge in [-0.05, 0) is 60.7 Å². The Hall–Kier alpha value is -5.16. The molecule has 226 valence electrons. The number of rotatable bonds is 7. The monoisotopic (exact) mass is 626 g/mol. The van der Waals surface area contributed by atoms with Crippen molar-refractivity contribution in [1.82, 2.24) is 19.7 Å². The number of fused-ring (bicyclic) bond motifs is 2. The number of amides is 3. The smallest absolute Gasteiger partial charge is 0.269 e. The third kappa shape index (κ3) is 5.18. The van der Waals surface area contributed by atoms with Crippen LogP contribution in [0.3, 0.4) is 0 Å². The Morgan fingerprint density at radius 2 is 1.73 bits per heavy atom. The van der Waals surface area contributed by atoms with Crippen molar-refractivity contribution in [2.45, 2.75) is 31.5 Å². The Labute approximate surface area is 260 Å². The lowest BCUT2D eigenvalue weighted by molar-refractivity contribution is -0.138. The topological polar surface area (TPSA) is 123 Å². The van der Waals surface area contributed by atoms with E-state index in [-0.39, 0.29) is 41.4 Å². The molecule has 9 nitrogen and oxygen atoms in total. The van der Waals surface area contributed by atoms with Gasteiger partial charge in [0.05, 0.1) is 11.2 Å². The summed E-state index contributed by atoms with van der Waals surface area (Å²) in [7, 11) is 0. The van der Waals surface area contributed by atoms with E-state index < -0.39 is 29.6 Å². The summed E-state index contributed by atoms with van der Waals surface area (Å²) in [5.41, 5.74) is 8.10. The number of hydrogen-bond donors (Lipinski definition) is 2. The molecule has 1 saturated heterocycles. The van der Waals surface area contributed by atoms with Gasteiger partial charge in [-0.2, -0.15) is 9.49 Å². The van der Waals surface area contributed by atoms with Gasteiger partial charge in [0, 0.05) is 39.3 Å². The van der Waals surface area contributed by atoms with Crippen LogP contribution in [0.1, 0.15) is 23.3 Å². The number of aromatic nitrogens is 3. The SMILES string of the molecule is NC(=O)c1nn(CC(=O)N2[C@@H]3CC3C[C@H]2C(=O)Nc2cccc(-c3ccccc3Cl)c2F)c2ccc(-c3ccc(F)nc3)cc12. The van der Waals surface area contributed by atoms with Crippen molar-refractivity contribution in [3.05, 3.63) is 101 Å². The summed E-state index contributed by atoms with van der Waals surface area (Å²) in [5, 5.41) is 7.82. The van der Waals surface area contributed by atoms with Gasteiger partial charge < -0.3 is 16.0 Å². The molecule has 3 aromatic carbocycles. The average Bonchev–Trinajstić information content (AvgIpc) is 3.53. The van der Waals surface area contributed by atoms with Crippen molar-refractivity contribution in [2.75, 3.05) is 5.32 Å². The van der Waals surface area contributed by atoms with E-state index in [1.165, 1.54) is 23.0 Å². The minimum absolute atomic E-state index is 0.0123. The number of benzene rings is 3. The fourth-order valence-electron chi connectivity index (χ4n) is 6.20. The first-order chi connectivity index (χ1) is 21.7. The molecule has 1 saturated carbocycles. The highest BCUT2D eigenvalue weighted by atomic mass is 35.5. The number of nitrogens with two attached hydrogens (primary N) is 1. The van der Waals surface area contributed by atoms with E-state index in [9.17, 15) is 18.8 Å². The number of halogens is 3. The summed E-state index contributed by atoms with van der Waals surface area (Å²) >= 11 is 6.28. The summed E-state index contributed by atoms with van der Waals surface area (Å²) in [4.78, 5) is 44.8. The molecule has 3 N–H and O–H groups in total. The molecule has 12 heteroatoms. The zero-order chi connectivity index (χ0) is 31.4. The number of primary amides is 1. The van der Waals surface area contributed by atoms with E-state index in [1.54, 1.807) is 65.6 Å². The second kappa shape index (κ2) is 11.1. The van der Waals surface area contributed by atoms with E-state index in [1.807, 2.05) is 0 Å². The van der Waals surface area contributed by atoms with Crippen LogP contribution in [0, 0.1) is 17.7 Å². The fourth-order valence-corrected chi connectivity index (χ4v) is 6.44. The highest BCUT2D eigenvalue weighted by Crippen LogP contribution is 2.48. The summed E-state index contributed by atoms with van der Waals surface area (Å²) in [6, 6.07) is 18.5. The van der Waals surface area contributed by atoms with Gasteiger partial charge in [-0.3, -0.25) is 19.1 Å². The van der Waals surface area contributed by atoms with Crippen LogP contribution >= 0.6 is 11.6 Å². The van der Waals surface area contributed by atoms with Crippen LogP contribution in [0.4, 0.5) is 14.5 Å². The highest BCUT2D eigenvalue weighted by Gasteiger charge is 2.56. The van der Waals surface area contributed by atoms with Crippen molar-refractivity contribution >= 4 is 45.9 Å². The Bertz CT molecular complexity index is 2010. The molecular formula is C33H25ClF2N6O3. The number of likely N-dealkylation sites (tertiary alicyclic amines) is 1. The Balaban J connectivity index is 1.14. The number of hydrogen-bond acceptors (Lipinski definition) is 5.